The summed E-state index contributed by atoms with van der Waals surface area (Å²) in [5.74, 6) is -0.280. The summed E-state index contributed by atoms with van der Waals surface area (Å²) in [5, 5.41) is 5.91. The van der Waals surface area contributed by atoms with Crippen LogP contribution in [-0.4, -0.2) is 77.9 Å². The number of hydrogen-bond donors (Lipinski definition) is 2. The van der Waals surface area contributed by atoms with Gasteiger partial charge in [-0.2, -0.15) is 0 Å². The Morgan fingerprint density at radius 3 is 2.57 bits per heavy atom. The van der Waals surface area contributed by atoms with E-state index in [0.717, 1.165) is 38.8 Å². The highest BCUT2D eigenvalue weighted by Gasteiger charge is 2.35. The van der Waals surface area contributed by atoms with Crippen molar-refractivity contribution < 1.29 is 9.59 Å². The van der Waals surface area contributed by atoms with E-state index in [-0.39, 0.29) is 17.9 Å². The molecule has 4 heterocycles. The highest BCUT2D eigenvalue weighted by Crippen LogP contribution is 2.29. The fourth-order valence-electron chi connectivity index (χ4n) is 5.03. The first-order chi connectivity index (χ1) is 13.7. The van der Waals surface area contributed by atoms with Gasteiger partial charge in [0.15, 0.2) is 0 Å². The average Bonchev–Trinajstić information content (AvgIpc) is 3.08. The van der Waals surface area contributed by atoms with E-state index >= 15 is 0 Å². The molecule has 4 aliphatic rings. The fraction of sp³-hybridized carbons (Fsp3) is 0.619. The van der Waals surface area contributed by atoms with Gasteiger partial charge in [0, 0.05) is 71.4 Å². The number of likely N-dealkylation sites (tertiary alicyclic amines) is 1. The van der Waals surface area contributed by atoms with Crippen LogP contribution in [0, 0.1) is 0 Å². The van der Waals surface area contributed by atoms with Gasteiger partial charge in [0.2, 0.25) is 11.8 Å². The summed E-state index contributed by atoms with van der Waals surface area (Å²) in [6, 6.07) is 7.33. The van der Waals surface area contributed by atoms with Crippen LogP contribution in [0.1, 0.15) is 29.5 Å². The summed E-state index contributed by atoms with van der Waals surface area (Å²) < 4.78 is 0. The summed E-state index contributed by atoms with van der Waals surface area (Å²) in [6.07, 6.45) is 1.07. The summed E-state index contributed by atoms with van der Waals surface area (Å²) in [7, 11) is 0. The third kappa shape index (κ3) is 3.59. The first kappa shape index (κ1) is 18.2. The van der Waals surface area contributed by atoms with Gasteiger partial charge >= 0.3 is 0 Å². The first-order valence-electron chi connectivity index (χ1n) is 10.5. The minimum atomic E-state index is -0.177. The maximum absolute atomic E-state index is 12.2. The van der Waals surface area contributed by atoms with Gasteiger partial charge in [0.05, 0.1) is 6.04 Å². The largest absolute Gasteiger partial charge is 0.314 e. The second-order valence-electron chi connectivity index (χ2n) is 8.61. The van der Waals surface area contributed by atoms with E-state index < -0.39 is 0 Å². The Morgan fingerprint density at radius 2 is 1.79 bits per heavy atom. The molecule has 3 saturated heterocycles. The summed E-state index contributed by atoms with van der Waals surface area (Å²) in [6.45, 7) is 9.53. The first-order valence-corrected chi connectivity index (χ1v) is 10.5. The van der Waals surface area contributed by atoms with Gasteiger partial charge in [-0.1, -0.05) is 18.2 Å². The Kier molecular flexibility index (Phi) is 4.92. The van der Waals surface area contributed by atoms with Gasteiger partial charge in [-0.25, -0.2) is 0 Å². The number of piperidine rings is 1. The topological polar surface area (TPSA) is 67.9 Å². The number of rotatable bonds is 4. The predicted octanol–water partition coefficient (Wildman–Crippen LogP) is -0.103. The monoisotopic (exact) mass is 383 g/mol. The van der Waals surface area contributed by atoms with Crippen LogP contribution in [0.5, 0.6) is 0 Å². The van der Waals surface area contributed by atoms with Crippen LogP contribution in [0.2, 0.25) is 0 Å². The van der Waals surface area contributed by atoms with Gasteiger partial charge < -0.3 is 5.32 Å². The molecule has 1 atom stereocenters. The van der Waals surface area contributed by atoms with Gasteiger partial charge in [0.25, 0.3) is 0 Å². The Balaban J connectivity index is 1.16. The van der Waals surface area contributed by atoms with Crippen molar-refractivity contribution in [3.05, 3.63) is 34.9 Å². The molecule has 0 radical (unpaired) electrons. The van der Waals surface area contributed by atoms with Crippen LogP contribution < -0.4 is 10.6 Å². The lowest BCUT2D eigenvalue weighted by atomic mass is 10.0. The van der Waals surface area contributed by atoms with E-state index in [4.69, 9.17) is 0 Å². The SMILES string of the molecule is O=C1CCC(N2Cc3ccc(CN4CC(N5CCNCC5)C4)cc3C2)C(=O)N1. The van der Waals surface area contributed by atoms with Crippen molar-refractivity contribution in [3.8, 4) is 0 Å². The van der Waals surface area contributed by atoms with Crippen LogP contribution in [0.3, 0.4) is 0 Å². The number of nitrogens with zero attached hydrogens (tertiary/aromatic N) is 3. The van der Waals surface area contributed by atoms with Crippen molar-refractivity contribution in [2.45, 2.75) is 44.6 Å². The molecule has 7 heteroatoms. The Bertz CT molecular complexity index is 770. The van der Waals surface area contributed by atoms with E-state index in [1.165, 1.54) is 42.9 Å². The molecule has 0 aliphatic carbocycles. The number of hydrogen-bond acceptors (Lipinski definition) is 6. The molecule has 0 spiro atoms. The molecule has 150 valence electrons. The number of carbonyl (C=O) groups is 2. The van der Waals surface area contributed by atoms with Crippen molar-refractivity contribution in [1.82, 2.24) is 25.3 Å². The second kappa shape index (κ2) is 7.55. The van der Waals surface area contributed by atoms with E-state index in [1.807, 2.05) is 0 Å². The lowest BCUT2D eigenvalue weighted by molar-refractivity contribution is -0.137. The third-order valence-corrected chi connectivity index (χ3v) is 6.68. The van der Waals surface area contributed by atoms with Crippen molar-refractivity contribution >= 4 is 11.8 Å². The second-order valence-corrected chi connectivity index (χ2v) is 8.61. The van der Waals surface area contributed by atoms with Crippen molar-refractivity contribution in [2.75, 3.05) is 39.3 Å². The smallest absolute Gasteiger partial charge is 0.243 e. The molecule has 7 nitrogen and oxygen atoms in total. The van der Waals surface area contributed by atoms with E-state index in [9.17, 15) is 9.59 Å². The maximum atomic E-state index is 12.2. The molecular formula is C21H29N5O2. The zero-order valence-electron chi connectivity index (χ0n) is 16.3. The van der Waals surface area contributed by atoms with Crippen LogP contribution in [0.25, 0.3) is 0 Å². The van der Waals surface area contributed by atoms with E-state index in [2.05, 4.69) is 43.5 Å². The van der Waals surface area contributed by atoms with Gasteiger partial charge in [-0.3, -0.25) is 29.6 Å². The van der Waals surface area contributed by atoms with E-state index in [0.29, 0.717) is 12.8 Å². The molecule has 1 aromatic carbocycles. The molecule has 0 saturated carbocycles. The zero-order chi connectivity index (χ0) is 19.1. The normalized spacial score (nSPS) is 27.5. The maximum Gasteiger partial charge on any atom is 0.243 e. The van der Waals surface area contributed by atoms with Gasteiger partial charge in [-0.05, 0) is 23.1 Å². The highest BCUT2D eigenvalue weighted by atomic mass is 16.2. The van der Waals surface area contributed by atoms with Crippen LogP contribution in [0.4, 0.5) is 0 Å². The van der Waals surface area contributed by atoms with Crippen molar-refractivity contribution in [3.63, 3.8) is 0 Å². The molecule has 5 rings (SSSR count). The molecule has 3 fully saturated rings. The van der Waals surface area contributed by atoms with E-state index in [1.54, 1.807) is 0 Å². The lowest BCUT2D eigenvalue weighted by Crippen LogP contribution is -2.62. The molecule has 28 heavy (non-hydrogen) atoms. The van der Waals surface area contributed by atoms with Gasteiger partial charge in [0.1, 0.15) is 0 Å². The predicted molar refractivity (Wildman–Crippen MR) is 105 cm³/mol. The standard InChI is InChI=1S/C21H29N5O2/c27-20-4-3-19(21(28)23-20)26-11-16-2-1-15(9-17(16)12-26)10-24-13-18(14-24)25-7-5-22-6-8-25/h1-2,9,18-19,22H,3-8,10-14H2,(H,23,27,28). The number of imide groups is 1. The number of fused-ring (bicyclic) bond motifs is 1. The minimum absolute atomic E-state index is 0.135. The molecule has 2 N–H and O–H groups in total. The lowest BCUT2D eigenvalue weighted by Gasteiger charge is -2.47. The van der Waals surface area contributed by atoms with Crippen molar-refractivity contribution in [1.29, 1.82) is 0 Å². The molecule has 2 amide bonds. The van der Waals surface area contributed by atoms with Crippen LogP contribution >= 0.6 is 0 Å². The Morgan fingerprint density at radius 1 is 1.00 bits per heavy atom. The Hall–Kier alpha value is -1.80. The number of nitrogens with one attached hydrogen (secondary N) is 2. The quantitative estimate of drug-likeness (QED) is 0.708. The molecule has 4 aliphatic heterocycles. The molecule has 1 unspecified atom stereocenters. The number of amides is 2. The fourth-order valence-corrected chi connectivity index (χ4v) is 5.03. The van der Waals surface area contributed by atoms with Crippen LogP contribution in [-0.2, 0) is 29.2 Å². The molecule has 1 aromatic rings. The molecule has 0 aromatic heterocycles. The Labute approximate surface area is 166 Å². The molecular weight excluding hydrogens is 354 g/mol. The molecule has 0 bridgehead atoms. The number of carbonyl (C=O) groups excluding carboxylic acids is 2. The average molecular weight is 383 g/mol. The zero-order valence-corrected chi connectivity index (χ0v) is 16.3. The highest BCUT2D eigenvalue weighted by molar-refractivity contribution is 6.00. The van der Waals surface area contributed by atoms with Crippen LogP contribution in [0.15, 0.2) is 18.2 Å². The minimum Gasteiger partial charge on any atom is -0.314 e. The van der Waals surface area contributed by atoms with Gasteiger partial charge in [-0.15, -0.1) is 0 Å². The summed E-state index contributed by atoms with van der Waals surface area (Å²) >= 11 is 0. The summed E-state index contributed by atoms with van der Waals surface area (Å²) in [4.78, 5) is 30.9. The third-order valence-electron chi connectivity index (χ3n) is 6.68. The van der Waals surface area contributed by atoms with Crippen molar-refractivity contribution in [2.24, 2.45) is 0 Å². The number of benzene rings is 1. The summed E-state index contributed by atoms with van der Waals surface area (Å²) in [5.41, 5.74) is 4.01. The number of piperazine rings is 1.